The molecule has 1 aromatic rings. The molecule has 0 aliphatic heterocycles. The Hall–Kier alpha value is -1.95. The maximum absolute atomic E-state index is 10.6. The lowest BCUT2D eigenvalue weighted by Crippen LogP contribution is -2.19. The van der Waals surface area contributed by atoms with Crippen LogP contribution >= 0.6 is 0 Å². The highest BCUT2D eigenvalue weighted by atomic mass is 16.5. The molecule has 0 atom stereocenters. The van der Waals surface area contributed by atoms with E-state index in [4.69, 9.17) is 19.9 Å². The summed E-state index contributed by atoms with van der Waals surface area (Å²) in [5, 5.41) is 3.24. The zero-order valence-electron chi connectivity index (χ0n) is 12.2. The first-order chi connectivity index (χ1) is 9.62. The van der Waals surface area contributed by atoms with Crippen LogP contribution in [0.25, 0.3) is 0 Å². The summed E-state index contributed by atoms with van der Waals surface area (Å²) in [6.45, 7) is 1.27. The summed E-state index contributed by atoms with van der Waals surface area (Å²) in [7, 11) is 4.80. The largest absolute Gasteiger partial charge is 0.496 e. The molecule has 0 radical (unpaired) electrons. The summed E-state index contributed by atoms with van der Waals surface area (Å²) in [5.74, 6) is 1.79. The molecule has 6 nitrogen and oxygen atoms in total. The fraction of sp³-hybridized carbons (Fsp3) is 0.500. The minimum atomic E-state index is -0.286. The predicted molar refractivity (Wildman–Crippen MR) is 76.2 cm³/mol. The fourth-order valence-corrected chi connectivity index (χ4v) is 1.85. The Morgan fingerprint density at radius 2 is 1.75 bits per heavy atom. The Labute approximate surface area is 119 Å². The van der Waals surface area contributed by atoms with Gasteiger partial charge in [0.15, 0.2) is 0 Å². The highest BCUT2D eigenvalue weighted by Gasteiger charge is 2.12. The van der Waals surface area contributed by atoms with Crippen molar-refractivity contribution >= 4 is 5.91 Å². The number of ether oxygens (including phenoxy) is 3. The van der Waals surface area contributed by atoms with Crippen molar-refractivity contribution < 1.29 is 19.0 Å². The highest BCUT2D eigenvalue weighted by Crippen LogP contribution is 2.33. The normalized spacial score (nSPS) is 10.2. The first-order valence-corrected chi connectivity index (χ1v) is 6.40. The molecule has 0 spiro atoms. The molecule has 0 aliphatic rings. The van der Waals surface area contributed by atoms with Gasteiger partial charge in [-0.2, -0.15) is 0 Å². The molecule has 1 amide bonds. The van der Waals surface area contributed by atoms with Gasteiger partial charge in [0.1, 0.15) is 17.2 Å². The van der Waals surface area contributed by atoms with Gasteiger partial charge in [0.2, 0.25) is 5.91 Å². The van der Waals surface area contributed by atoms with E-state index in [1.165, 1.54) is 0 Å². The number of nitrogens with two attached hydrogens (primary N) is 1. The molecule has 0 aliphatic carbocycles. The molecule has 0 aromatic heterocycles. The predicted octanol–water partition coefficient (Wildman–Crippen LogP) is 1.07. The molecule has 0 saturated heterocycles. The second kappa shape index (κ2) is 8.27. The van der Waals surface area contributed by atoms with Crippen molar-refractivity contribution in [3.05, 3.63) is 17.7 Å². The molecule has 20 heavy (non-hydrogen) atoms. The number of rotatable bonds is 9. The van der Waals surface area contributed by atoms with Crippen LogP contribution in [0.3, 0.4) is 0 Å². The molecular weight excluding hydrogens is 260 g/mol. The third-order valence-electron chi connectivity index (χ3n) is 2.90. The molecule has 0 heterocycles. The van der Waals surface area contributed by atoms with Crippen molar-refractivity contribution in [1.29, 1.82) is 0 Å². The number of hydrogen-bond donors (Lipinski definition) is 2. The topological polar surface area (TPSA) is 82.8 Å². The number of benzene rings is 1. The lowest BCUT2D eigenvalue weighted by Gasteiger charge is -2.15. The van der Waals surface area contributed by atoms with Crippen LogP contribution in [-0.4, -0.2) is 33.8 Å². The van der Waals surface area contributed by atoms with Crippen LogP contribution in [0.1, 0.15) is 18.4 Å². The van der Waals surface area contributed by atoms with E-state index < -0.39 is 0 Å². The van der Waals surface area contributed by atoms with Crippen LogP contribution < -0.4 is 25.3 Å². The quantitative estimate of drug-likeness (QED) is 0.662. The van der Waals surface area contributed by atoms with Crippen molar-refractivity contribution in [1.82, 2.24) is 5.32 Å². The molecule has 0 unspecified atom stereocenters. The maximum atomic E-state index is 10.6. The van der Waals surface area contributed by atoms with Gasteiger partial charge in [0, 0.05) is 25.1 Å². The number of primary amides is 1. The van der Waals surface area contributed by atoms with E-state index in [1.54, 1.807) is 21.3 Å². The van der Waals surface area contributed by atoms with Gasteiger partial charge in [0.05, 0.1) is 26.9 Å². The zero-order valence-corrected chi connectivity index (χ0v) is 12.2. The van der Waals surface area contributed by atoms with E-state index in [1.807, 2.05) is 12.1 Å². The summed E-state index contributed by atoms with van der Waals surface area (Å²) in [6, 6.07) is 3.62. The van der Waals surface area contributed by atoms with Gasteiger partial charge in [0.25, 0.3) is 0 Å². The van der Waals surface area contributed by atoms with Crippen LogP contribution in [0, 0.1) is 0 Å². The van der Waals surface area contributed by atoms with Crippen LogP contribution in [-0.2, 0) is 11.3 Å². The standard InChI is InChI=1S/C14H22N2O4/c1-18-10-7-12(19-2)11(13(8-10)20-3)9-16-6-4-5-14(15)17/h7-8,16H,4-6,9H2,1-3H3,(H2,15,17). The second-order valence-corrected chi connectivity index (χ2v) is 4.26. The third kappa shape index (κ3) is 4.62. The number of hydrogen-bond acceptors (Lipinski definition) is 5. The number of carbonyl (C=O) groups excluding carboxylic acids is 1. The van der Waals surface area contributed by atoms with Gasteiger partial charge in [-0.3, -0.25) is 4.79 Å². The van der Waals surface area contributed by atoms with Crippen molar-refractivity contribution in [2.75, 3.05) is 27.9 Å². The Morgan fingerprint density at radius 3 is 2.20 bits per heavy atom. The Bertz CT molecular complexity index is 424. The summed E-state index contributed by atoms with van der Waals surface area (Å²) in [6.07, 6.45) is 1.08. The van der Waals surface area contributed by atoms with Gasteiger partial charge in [-0.25, -0.2) is 0 Å². The highest BCUT2D eigenvalue weighted by molar-refractivity contribution is 5.73. The molecule has 1 rings (SSSR count). The summed E-state index contributed by atoms with van der Waals surface area (Å²) >= 11 is 0. The number of carbonyl (C=O) groups is 1. The van der Waals surface area contributed by atoms with E-state index in [2.05, 4.69) is 5.32 Å². The van der Waals surface area contributed by atoms with Gasteiger partial charge in [-0.1, -0.05) is 0 Å². The number of methoxy groups -OCH3 is 3. The first kappa shape index (κ1) is 16.1. The average Bonchev–Trinajstić information content (AvgIpc) is 2.46. The van der Waals surface area contributed by atoms with E-state index in [9.17, 15) is 4.79 Å². The summed E-state index contributed by atoms with van der Waals surface area (Å²) in [5.41, 5.74) is 6.00. The van der Waals surface area contributed by atoms with Gasteiger partial charge < -0.3 is 25.3 Å². The zero-order chi connectivity index (χ0) is 15.0. The monoisotopic (exact) mass is 282 g/mol. The van der Waals surface area contributed by atoms with Crippen LogP contribution in [0.4, 0.5) is 0 Å². The second-order valence-electron chi connectivity index (χ2n) is 4.26. The SMILES string of the molecule is COc1cc(OC)c(CNCCCC(N)=O)c(OC)c1. The molecule has 1 aromatic carbocycles. The van der Waals surface area contributed by atoms with Gasteiger partial charge in [-0.05, 0) is 13.0 Å². The Kier molecular flexibility index (Phi) is 6.66. The number of nitrogens with one attached hydrogen (secondary N) is 1. The van der Waals surface area contributed by atoms with Crippen molar-refractivity contribution in [2.45, 2.75) is 19.4 Å². The van der Waals surface area contributed by atoms with Crippen LogP contribution in [0.15, 0.2) is 12.1 Å². The van der Waals surface area contributed by atoms with Crippen molar-refractivity contribution in [3.63, 3.8) is 0 Å². The van der Waals surface area contributed by atoms with Crippen LogP contribution in [0.2, 0.25) is 0 Å². The summed E-state index contributed by atoms with van der Waals surface area (Å²) in [4.78, 5) is 10.6. The lowest BCUT2D eigenvalue weighted by molar-refractivity contribution is -0.118. The van der Waals surface area contributed by atoms with E-state index >= 15 is 0 Å². The van der Waals surface area contributed by atoms with Crippen molar-refractivity contribution in [3.8, 4) is 17.2 Å². The fourth-order valence-electron chi connectivity index (χ4n) is 1.85. The molecule has 0 saturated carbocycles. The Morgan fingerprint density at radius 1 is 1.15 bits per heavy atom. The smallest absolute Gasteiger partial charge is 0.217 e. The third-order valence-corrected chi connectivity index (χ3v) is 2.90. The van der Waals surface area contributed by atoms with Gasteiger partial charge in [-0.15, -0.1) is 0 Å². The minimum Gasteiger partial charge on any atom is -0.496 e. The molecule has 6 heteroatoms. The molecule has 0 bridgehead atoms. The van der Waals surface area contributed by atoms with E-state index in [-0.39, 0.29) is 5.91 Å². The molecule has 112 valence electrons. The van der Waals surface area contributed by atoms with E-state index in [0.717, 1.165) is 5.56 Å². The molecule has 0 fully saturated rings. The average molecular weight is 282 g/mol. The van der Waals surface area contributed by atoms with Crippen LogP contribution in [0.5, 0.6) is 17.2 Å². The van der Waals surface area contributed by atoms with E-state index in [0.29, 0.717) is 43.2 Å². The number of amides is 1. The van der Waals surface area contributed by atoms with Gasteiger partial charge >= 0.3 is 0 Å². The minimum absolute atomic E-state index is 0.286. The van der Waals surface area contributed by atoms with Crippen molar-refractivity contribution in [2.24, 2.45) is 5.73 Å². The molecule has 3 N–H and O–H groups in total. The molecular formula is C14H22N2O4. The maximum Gasteiger partial charge on any atom is 0.217 e. The first-order valence-electron chi connectivity index (χ1n) is 6.40. The Balaban J connectivity index is 2.69. The lowest BCUT2D eigenvalue weighted by atomic mass is 10.1. The summed E-state index contributed by atoms with van der Waals surface area (Å²) < 4.78 is 15.9.